The van der Waals surface area contributed by atoms with Gasteiger partial charge in [0, 0.05) is 0 Å². The van der Waals surface area contributed by atoms with E-state index in [0.717, 1.165) is 5.75 Å². The van der Waals surface area contributed by atoms with Gasteiger partial charge in [-0.2, -0.15) is 0 Å². The number of aryl methyl sites for hydroxylation is 1. The van der Waals surface area contributed by atoms with Gasteiger partial charge >= 0.3 is 0 Å². The molecule has 1 aromatic carbocycles. The third kappa shape index (κ3) is 3.94. The Labute approximate surface area is 94.5 Å². The molecule has 0 aliphatic rings. The standard InChI is InChI=1S/C12H18O.C2H6/c1-5-9(2)11-7-6-10(3)12(8-11)13-4;1-2/h6-9H,5H2,1-4H3;1-2H3. The third-order valence-corrected chi connectivity index (χ3v) is 2.61. The Balaban J connectivity index is 0.000000921. The van der Waals surface area contributed by atoms with Gasteiger partial charge < -0.3 is 4.74 Å². The van der Waals surface area contributed by atoms with Crippen LogP contribution >= 0.6 is 0 Å². The first-order chi connectivity index (χ1) is 7.19. The Morgan fingerprint density at radius 3 is 2.33 bits per heavy atom. The fraction of sp³-hybridized carbons (Fsp3) is 0.571. The van der Waals surface area contributed by atoms with Crippen molar-refractivity contribution >= 4 is 0 Å². The van der Waals surface area contributed by atoms with Crippen LogP contribution in [-0.2, 0) is 0 Å². The second-order valence-corrected chi connectivity index (χ2v) is 3.54. The van der Waals surface area contributed by atoms with Crippen LogP contribution in [0.15, 0.2) is 18.2 Å². The first-order valence-electron chi connectivity index (χ1n) is 5.83. The number of hydrogen-bond acceptors (Lipinski definition) is 1. The van der Waals surface area contributed by atoms with Crippen LogP contribution in [0.3, 0.4) is 0 Å². The monoisotopic (exact) mass is 208 g/mol. The fourth-order valence-corrected chi connectivity index (χ4v) is 1.38. The summed E-state index contributed by atoms with van der Waals surface area (Å²) in [5.74, 6) is 1.62. The smallest absolute Gasteiger partial charge is 0.122 e. The zero-order chi connectivity index (χ0) is 11.8. The van der Waals surface area contributed by atoms with E-state index in [2.05, 4.69) is 39.0 Å². The lowest BCUT2D eigenvalue weighted by Crippen LogP contribution is -1.94. The van der Waals surface area contributed by atoms with E-state index in [-0.39, 0.29) is 0 Å². The lowest BCUT2D eigenvalue weighted by Gasteiger charge is -2.12. The molecule has 0 aliphatic carbocycles. The van der Waals surface area contributed by atoms with Crippen molar-refractivity contribution in [1.82, 2.24) is 0 Å². The zero-order valence-corrected chi connectivity index (χ0v) is 10.9. The van der Waals surface area contributed by atoms with Gasteiger partial charge in [0.2, 0.25) is 0 Å². The first kappa shape index (κ1) is 14.0. The molecule has 0 radical (unpaired) electrons. The molecule has 0 heterocycles. The van der Waals surface area contributed by atoms with Crippen LogP contribution in [0, 0.1) is 6.92 Å². The molecule has 0 amide bonds. The van der Waals surface area contributed by atoms with Gasteiger partial charge in [-0.05, 0) is 36.5 Å². The van der Waals surface area contributed by atoms with Crippen molar-refractivity contribution in [3.05, 3.63) is 29.3 Å². The van der Waals surface area contributed by atoms with Gasteiger partial charge in [0.05, 0.1) is 7.11 Å². The van der Waals surface area contributed by atoms with Crippen molar-refractivity contribution in [2.75, 3.05) is 7.11 Å². The number of rotatable bonds is 3. The fourth-order valence-electron chi connectivity index (χ4n) is 1.38. The molecule has 15 heavy (non-hydrogen) atoms. The molecule has 86 valence electrons. The molecule has 0 fully saturated rings. The molecule has 0 aromatic heterocycles. The minimum absolute atomic E-state index is 0.620. The van der Waals surface area contributed by atoms with E-state index in [9.17, 15) is 0 Å². The SMILES string of the molecule is CC.CCC(C)c1ccc(C)c(OC)c1. The maximum absolute atomic E-state index is 5.28. The molecule has 1 aromatic rings. The largest absolute Gasteiger partial charge is 0.496 e. The highest BCUT2D eigenvalue weighted by Gasteiger charge is 2.05. The van der Waals surface area contributed by atoms with Gasteiger partial charge in [0.25, 0.3) is 0 Å². The summed E-state index contributed by atoms with van der Waals surface area (Å²) in [6.45, 7) is 10.5. The van der Waals surface area contributed by atoms with Crippen LogP contribution in [0.5, 0.6) is 5.75 Å². The first-order valence-corrected chi connectivity index (χ1v) is 5.83. The maximum atomic E-state index is 5.28. The van der Waals surface area contributed by atoms with Gasteiger partial charge in [-0.1, -0.05) is 39.8 Å². The molecule has 0 N–H and O–H groups in total. The Morgan fingerprint density at radius 1 is 1.27 bits per heavy atom. The van der Waals surface area contributed by atoms with Gasteiger partial charge in [-0.15, -0.1) is 0 Å². The van der Waals surface area contributed by atoms with Crippen LogP contribution in [0.1, 0.15) is 51.2 Å². The minimum atomic E-state index is 0.620. The van der Waals surface area contributed by atoms with Crippen LogP contribution in [0.4, 0.5) is 0 Å². The van der Waals surface area contributed by atoms with Crippen molar-refractivity contribution < 1.29 is 4.74 Å². The Hall–Kier alpha value is -0.980. The normalized spacial score (nSPS) is 11.3. The summed E-state index contributed by atoms with van der Waals surface area (Å²) in [6, 6.07) is 6.45. The Bertz CT molecular complexity index is 279. The lowest BCUT2D eigenvalue weighted by molar-refractivity contribution is 0.410. The average molecular weight is 208 g/mol. The summed E-state index contributed by atoms with van der Waals surface area (Å²) in [5, 5.41) is 0. The van der Waals surface area contributed by atoms with E-state index in [1.807, 2.05) is 13.8 Å². The van der Waals surface area contributed by atoms with Crippen LogP contribution in [0.25, 0.3) is 0 Å². The summed E-state index contributed by atoms with van der Waals surface area (Å²) >= 11 is 0. The Kier molecular flexibility index (Phi) is 6.85. The van der Waals surface area contributed by atoms with Crippen LogP contribution in [-0.4, -0.2) is 7.11 Å². The Morgan fingerprint density at radius 2 is 1.87 bits per heavy atom. The number of hydrogen-bond donors (Lipinski definition) is 0. The molecule has 1 heteroatoms. The molecule has 1 nitrogen and oxygen atoms in total. The van der Waals surface area contributed by atoms with Crippen LogP contribution < -0.4 is 4.74 Å². The van der Waals surface area contributed by atoms with E-state index in [1.165, 1.54) is 17.5 Å². The van der Waals surface area contributed by atoms with Crippen molar-refractivity contribution in [2.45, 2.75) is 47.0 Å². The molecular weight excluding hydrogens is 184 g/mol. The number of ether oxygens (including phenoxy) is 1. The minimum Gasteiger partial charge on any atom is -0.496 e. The average Bonchev–Trinajstić information content (AvgIpc) is 2.31. The maximum Gasteiger partial charge on any atom is 0.122 e. The molecular formula is C14H24O. The summed E-state index contributed by atoms with van der Waals surface area (Å²) in [4.78, 5) is 0. The van der Waals surface area contributed by atoms with Crippen molar-refractivity contribution in [1.29, 1.82) is 0 Å². The topological polar surface area (TPSA) is 9.23 Å². The van der Waals surface area contributed by atoms with Gasteiger partial charge in [0.1, 0.15) is 5.75 Å². The zero-order valence-electron chi connectivity index (χ0n) is 10.9. The highest BCUT2D eigenvalue weighted by atomic mass is 16.5. The van der Waals surface area contributed by atoms with Gasteiger partial charge in [-0.3, -0.25) is 0 Å². The van der Waals surface area contributed by atoms with Gasteiger partial charge in [-0.25, -0.2) is 0 Å². The molecule has 0 aliphatic heterocycles. The summed E-state index contributed by atoms with van der Waals surface area (Å²) in [5.41, 5.74) is 2.57. The molecule has 1 rings (SSSR count). The van der Waals surface area contributed by atoms with E-state index >= 15 is 0 Å². The van der Waals surface area contributed by atoms with Crippen molar-refractivity contribution in [2.24, 2.45) is 0 Å². The van der Waals surface area contributed by atoms with Crippen molar-refractivity contribution in [3.8, 4) is 5.75 Å². The molecule has 0 saturated heterocycles. The highest BCUT2D eigenvalue weighted by molar-refractivity contribution is 5.37. The van der Waals surface area contributed by atoms with Crippen molar-refractivity contribution in [3.63, 3.8) is 0 Å². The number of benzene rings is 1. The summed E-state index contributed by atoms with van der Waals surface area (Å²) in [6.07, 6.45) is 1.17. The summed E-state index contributed by atoms with van der Waals surface area (Å²) < 4.78 is 5.28. The number of methoxy groups -OCH3 is 1. The third-order valence-electron chi connectivity index (χ3n) is 2.61. The van der Waals surface area contributed by atoms with Crippen LogP contribution in [0.2, 0.25) is 0 Å². The van der Waals surface area contributed by atoms with E-state index in [0.29, 0.717) is 5.92 Å². The summed E-state index contributed by atoms with van der Waals surface area (Å²) in [7, 11) is 1.72. The second kappa shape index (κ2) is 7.33. The predicted octanol–water partition coefficient (Wildman–Crippen LogP) is 4.54. The lowest BCUT2D eigenvalue weighted by atomic mass is 9.97. The van der Waals surface area contributed by atoms with Gasteiger partial charge in [0.15, 0.2) is 0 Å². The molecule has 0 spiro atoms. The van der Waals surface area contributed by atoms with E-state index in [4.69, 9.17) is 4.74 Å². The highest BCUT2D eigenvalue weighted by Crippen LogP contribution is 2.25. The second-order valence-electron chi connectivity index (χ2n) is 3.54. The molecule has 1 atom stereocenters. The molecule has 1 unspecified atom stereocenters. The molecule has 0 bridgehead atoms. The molecule has 0 saturated carbocycles. The van der Waals surface area contributed by atoms with E-state index in [1.54, 1.807) is 7.11 Å². The quantitative estimate of drug-likeness (QED) is 0.708. The predicted molar refractivity (Wildman–Crippen MR) is 67.8 cm³/mol. The van der Waals surface area contributed by atoms with E-state index < -0.39 is 0 Å².